The van der Waals surface area contributed by atoms with E-state index in [1.54, 1.807) is 0 Å². The molecular weight excluding hydrogens is 767 g/mol. The second-order valence-electron chi connectivity index (χ2n) is 15.9. The van der Waals surface area contributed by atoms with E-state index in [-0.39, 0.29) is 0 Å². The minimum atomic E-state index is 0.804. The maximum Gasteiger partial charge on any atom is 0.0899 e. The molecule has 0 bridgehead atoms. The number of hydrogen-bond acceptors (Lipinski definition) is 4. The van der Waals surface area contributed by atoms with Crippen molar-refractivity contribution in [2.75, 3.05) is 0 Å². The van der Waals surface area contributed by atoms with Gasteiger partial charge in [0.05, 0.1) is 45.0 Å². The Morgan fingerprint density at radius 2 is 0.984 bits per heavy atom. The molecule has 63 heavy (non-hydrogen) atoms. The van der Waals surface area contributed by atoms with Gasteiger partial charge in [-0.1, -0.05) is 146 Å². The Morgan fingerprint density at radius 3 is 1.76 bits per heavy atom. The molecule has 0 aliphatic heterocycles. The molecule has 0 fully saturated rings. The fourth-order valence-corrected chi connectivity index (χ4v) is 9.00. The lowest BCUT2D eigenvalue weighted by molar-refractivity contribution is 1.18. The number of pyridine rings is 4. The number of fused-ring (bicyclic) bond motifs is 6. The molecule has 5 aromatic heterocycles. The third kappa shape index (κ3) is 6.51. The Labute approximate surface area is 364 Å². The summed E-state index contributed by atoms with van der Waals surface area (Å²) in [5.41, 5.74) is 16.2. The second-order valence-corrected chi connectivity index (χ2v) is 15.9. The summed E-state index contributed by atoms with van der Waals surface area (Å²) >= 11 is 0. The van der Waals surface area contributed by atoms with Crippen molar-refractivity contribution in [2.45, 2.75) is 0 Å². The van der Waals surface area contributed by atoms with Crippen molar-refractivity contribution in [2.24, 2.45) is 0 Å². The van der Waals surface area contributed by atoms with E-state index in [4.69, 9.17) is 15.0 Å². The van der Waals surface area contributed by atoms with Crippen LogP contribution in [0.4, 0.5) is 0 Å². The van der Waals surface area contributed by atoms with Crippen LogP contribution in [0, 0.1) is 0 Å². The largest absolute Gasteiger partial charge is 0.309 e. The number of aromatic nitrogens is 5. The van der Waals surface area contributed by atoms with E-state index in [9.17, 15) is 0 Å². The maximum atomic E-state index is 5.27. The van der Waals surface area contributed by atoms with E-state index in [0.29, 0.717) is 0 Å². The summed E-state index contributed by atoms with van der Waals surface area (Å²) in [6, 6.07) is 74.7. The van der Waals surface area contributed by atoms with Crippen molar-refractivity contribution in [1.82, 2.24) is 24.5 Å². The van der Waals surface area contributed by atoms with Crippen molar-refractivity contribution < 1.29 is 0 Å². The van der Waals surface area contributed by atoms with E-state index in [2.05, 4.69) is 198 Å². The summed E-state index contributed by atoms with van der Waals surface area (Å²) in [5.74, 6) is 0. The lowest BCUT2D eigenvalue weighted by Crippen LogP contribution is -1.96. The highest BCUT2D eigenvalue weighted by Gasteiger charge is 2.19. The molecule has 0 N–H and O–H groups in total. The van der Waals surface area contributed by atoms with E-state index in [1.165, 1.54) is 16.2 Å². The molecule has 0 unspecified atom stereocenters. The Hall–Kier alpha value is -8.54. The fraction of sp³-hybridized carbons (Fsp3) is 0. The first-order valence-corrected chi connectivity index (χ1v) is 21.2. The summed E-state index contributed by atoms with van der Waals surface area (Å²) in [6.45, 7) is 0. The Kier molecular flexibility index (Phi) is 8.75. The van der Waals surface area contributed by atoms with Gasteiger partial charge in [-0.25, -0.2) is 9.97 Å². The van der Waals surface area contributed by atoms with Crippen LogP contribution in [0.15, 0.2) is 225 Å². The van der Waals surface area contributed by atoms with Gasteiger partial charge in [0.1, 0.15) is 0 Å². The summed E-state index contributed by atoms with van der Waals surface area (Å²) < 4.78 is 2.40. The Balaban J connectivity index is 1.03. The van der Waals surface area contributed by atoms with Crippen LogP contribution in [0.5, 0.6) is 0 Å². The molecule has 0 aliphatic rings. The summed E-state index contributed by atoms with van der Waals surface area (Å²) in [7, 11) is 0. The summed E-state index contributed by atoms with van der Waals surface area (Å²) in [4.78, 5) is 20.1. The molecule has 5 nitrogen and oxygen atoms in total. The van der Waals surface area contributed by atoms with Crippen molar-refractivity contribution in [1.29, 1.82) is 0 Å². The first kappa shape index (κ1) is 36.3. The van der Waals surface area contributed by atoms with Crippen LogP contribution in [0.3, 0.4) is 0 Å². The standard InChI is InChI=1S/C58H37N5/c1-3-14-38(15-4-1)43-29-30-53(60-37-43)55-34-44(33-54(61-55)40-27-25-39(26-28-40)51-22-11-12-31-59-51)42-18-13-19-45(32-42)63-56-24-10-8-21-47(56)49-35-48-46-20-7-9-23-52(46)62-58(50(48)36-57(49)63)41-16-5-2-6-17-41/h1-37H. The van der Waals surface area contributed by atoms with E-state index in [1.807, 2.05) is 36.7 Å². The lowest BCUT2D eigenvalue weighted by Gasteiger charge is -2.14. The van der Waals surface area contributed by atoms with Gasteiger partial charge in [-0.15, -0.1) is 0 Å². The van der Waals surface area contributed by atoms with Gasteiger partial charge >= 0.3 is 0 Å². The number of rotatable bonds is 7. The second kappa shape index (κ2) is 15.2. The average molecular weight is 804 g/mol. The summed E-state index contributed by atoms with van der Waals surface area (Å²) in [5, 5.41) is 5.86. The molecule has 0 aliphatic carbocycles. The van der Waals surface area contributed by atoms with Crippen LogP contribution < -0.4 is 0 Å². The first-order valence-electron chi connectivity index (χ1n) is 21.2. The van der Waals surface area contributed by atoms with Crippen LogP contribution in [0.2, 0.25) is 0 Å². The smallest absolute Gasteiger partial charge is 0.0899 e. The molecular formula is C58H37N5. The molecule has 12 aromatic rings. The molecule has 5 heteroatoms. The van der Waals surface area contributed by atoms with E-state index < -0.39 is 0 Å². The highest BCUT2D eigenvalue weighted by Crippen LogP contribution is 2.41. The molecule has 294 valence electrons. The molecule has 0 amide bonds. The number of para-hydroxylation sites is 2. The van der Waals surface area contributed by atoms with Gasteiger partial charge < -0.3 is 4.57 Å². The van der Waals surface area contributed by atoms with Gasteiger partial charge in [-0.3, -0.25) is 9.97 Å². The van der Waals surface area contributed by atoms with Gasteiger partial charge in [-0.05, 0) is 88.8 Å². The zero-order chi connectivity index (χ0) is 41.7. The Bertz CT molecular complexity index is 3540. The lowest BCUT2D eigenvalue weighted by atomic mass is 9.98. The monoisotopic (exact) mass is 803 g/mol. The molecule has 7 aromatic carbocycles. The predicted octanol–water partition coefficient (Wildman–Crippen LogP) is 14.7. The zero-order valence-electron chi connectivity index (χ0n) is 34.1. The highest BCUT2D eigenvalue weighted by molar-refractivity contribution is 6.20. The third-order valence-corrected chi connectivity index (χ3v) is 12.1. The molecule has 0 saturated heterocycles. The quantitative estimate of drug-likeness (QED) is 0.151. The number of nitrogens with zero attached hydrogens (tertiary/aromatic N) is 5. The van der Waals surface area contributed by atoms with E-state index >= 15 is 0 Å². The normalized spacial score (nSPS) is 11.5. The van der Waals surface area contributed by atoms with Crippen LogP contribution >= 0.6 is 0 Å². The predicted molar refractivity (Wildman–Crippen MR) is 260 cm³/mol. The maximum absolute atomic E-state index is 5.27. The SMILES string of the molecule is c1ccc(-c2ccc(-c3cc(-c4cccc(-n5c6ccccc6c6cc7c(cc65)c(-c5ccccc5)nc5ccccc57)c4)cc(-c4ccc(-c5ccccn5)cc4)n3)nc2)cc1. The zero-order valence-corrected chi connectivity index (χ0v) is 34.1. The van der Waals surface area contributed by atoms with Gasteiger partial charge in [-0.2, -0.15) is 0 Å². The average Bonchev–Trinajstić information content (AvgIpc) is 3.69. The molecule has 5 heterocycles. The fourth-order valence-electron chi connectivity index (χ4n) is 9.00. The van der Waals surface area contributed by atoms with E-state index in [0.717, 1.165) is 100 Å². The minimum absolute atomic E-state index is 0.804. The van der Waals surface area contributed by atoms with Crippen LogP contribution in [-0.4, -0.2) is 24.5 Å². The van der Waals surface area contributed by atoms with Crippen molar-refractivity contribution >= 4 is 43.5 Å². The minimum Gasteiger partial charge on any atom is -0.309 e. The molecule has 12 rings (SSSR count). The molecule has 0 saturated carbocycles. The van der Waals surface area contributed by atoms with Gasteiger partial charge in [0.25, 0.3) is 0 Å². The molecule has 0 radical (unpaired) electrons. The Morgan fingerprint density at radius 1 is 0.302 bits per heavy atom. The van der Waals surface area contributed by atoms with Gasteiger partial charge in [0, 0.05) is 61.9 Å². The third-order valence-electron chi connectivity index (χ3n) is 12.1. The van der Waals surface area contributed by atoms with Crippen molar-refractivity contribution in [3.8, 4) is 73.1 Å². The van der Waals surface area contributed by atoms with Crippen molar-refractivity contribution in [3.05, 3.63) is 225 Å². The first-order chi connectivity index (χ1) is 31.2. The van der Waals surface area contributed by atoms with Crippen molar-refractivity contribution in [3.63, 3.8) is 0 Å². The highest BCUT2D eigenvalue weighted by atomic mass is 15.0. The van der Waals surface area contributed by atoms with Crippen LogP contribution in [0.25, 0.3) is 117 Å². The number of benzene rings is 7. The van der Waals surface area contributed by atoms with Gasteiger partial charge in [0.2, 0.25) is 0 Å². The topological polar surface area (TPSA) is 56.5 Å². The summed E-state index contributed by atoms with van der Waals surface area (Å²) in [6.07, 6.45) is 3.77. The van der Waals surface area contributed by atoms with Crippen LogP contribution in [-0.2, 0) is 0 Å². The number of hydrogen-bond donors (Lipinski definition) is 0. The molecule has 0 spiro atoms. The van der Waals surface area contributed by atoms with Crippen LogP contribution in [0.1, 0.15) is 0 Å². The van der Waals surface area contributed by atoms with Gasteiger partial charge in [0.15, 0.2) is 0 Å². The molecule has 0 atom stereocenters.